The number of benzene rings is 1. The molecule has 0 aliphatic heterocycles. The molecular formula is C12H13FN2OS. The Morgan fingerprint density at radius 2 is 2.18 bits per heavy atom. The Bertz CT molecular complexity index is 577. The second-order valence-corrected chi connectivity index (χ2v) is 5.17. The van der Waals surface area contributed by atoms with Gasteiger partial charge in [0.05, 0.1) is 5.69 Å². The van der Waals surface area contributed by atoms with Crippen LogP contribution in [-0.2, 0) is 0 Å². The van der Waals surface area contributed by atoms with Gasteiger partial charge in [0.2, 0.25) is 0 Å². The molecule has 0 saturated carbocycles. The van der Waals surface area contributed by atoms with Crippen molar-refractivity contribution in [3.63, 3.8) is 0 Å². The zero-order valence-electron chi connectivity index (χ0n) is 9.58. The molecule has 2 rings (SSSR count). The Morgan fingerprint density at radius 3 is 2.82 bits per heavy atom. The highest BCUT2D eigenvalue weighted by atomic mass is 32.1. The van der Waals surface area contributed by atoms with Crippen molar-refractivity contribution in [3.05, 3.63) is 28.9 Å². The predicted octanol–water partition coefficient (Wildman–Crippen LogP) is 2.76. The molecule has 0 atom stereocenters. The van der Waals surface area contributed by atoms with E-state index in [1.807, 2.05) is 13.8 Å². The number of anilines is 1. The van der Waals surface area contributed by atoms with Crippen LogP contribution in [0, 0.1) is 5.82 Å². The lowest BCUT2D eigenvalue weighted by Crippen LogP contribution is -2.29. The van der Waals surface area contributed by atoms with E-state index in [2.05, 4.69) is 5.32 Å². The third kappa shape index (κ3) is 2.24. The number of amides is 1. The van der Waals surface area contributed by atoms with Crippen LogP contribution >= 0.6 is 11.3 Å². The summed E-state index contributed by atoms with van der Waals surface area (Å²) in [5.41, 5.74) is 6.22. The predicted molar refractivity (Wildman–Crippen MR) is 68.8 cm³/mol. The SMILES string of the molecule is CC(C)NC(=O)c1sc2ccc(F)cc2c1N. The lowest BCUT2D eigenvalue weighted by Gasteiger charge is -2.06. The summed E-state index contributed by atoms with van der Waals surface area (Å²) in [6.45, 7) is 3.75. The van der Waals surface area contributed by atoms with E-state index >= 15 is 0 Å². The van der Waals surface area contributed by atoms with E-state index in [0.29, 0.717) is 16.0 Å². The molecule has 3 N–H and O–H groups in total. The van der Waals surface area contributed by atoms with Gasteiger partial charge in [-0.05, 0) is 32.0 Å². The largest absolute Gasteiger partial charge is 0.397 e. The molecule has 1 heterocycles. The molecule has 1 amide bonds. The number of fused-ring (bicyclic) bond motifs is 1. The van der Waals surface area contributed by atoms with Crippen LogP contribution in [0.25, 0.3) is 10.1 Å². The number of nitrogen functional groups attached to an aromatic ring is 1. The van der Waals surface area contributed by atoms with Crippen molar-refractivity contribution in [3.8, 4) is 0 Å². The number of carbonyl (C=O) groups excluding carboxylic acids is 1. The number of nitrogens with two attached hydrogens (primary N) is 1. The molecule has 3 nitrogen and oxygen atoms in total. The van der Waals surface area contributed by atoms with Crippen molar-refractivity contribution in [1.82, 2.24) is 5.32 Å². The molecule has 1 aromatic carbocycles. The zero-order chi connectivity index (χ0) is 12.6. The Morgan fingerprint density at radius 1 is 1.47 bits per heavy atom. The van der Waals surface area contributed by atoms with Crippen LogP contribution in [0.2, 0.25) is 0 Å². The smallest absolute Gasteiger partial charge is 0.263 e. The van der Waals surface area contributed by atoms with Crippen LogP contribution in [0.3, 0.4) is 0 Å². The van der Waals surface area contributed by atoms with Gasteiger partial charge in [0.1, 0.15) is 10.7 Å². The van der Waals surface area contributed by atoms with Gasteiger partial charge in [0, 0.05) is 16.1 Å². The van der Waals surface area contributed by atoms with Gasteiger partial charge in [-0.2, -0.15) is 0 Å². The summed E-state index contributed by atoms with van der Waals surface area (Å²) in [6.07, 6.45) is 0. The Kier molecular flexibility index (Phi) is 3.02. The van der Waals surface area contributed by atoms with Crippen LogP contribution in [0.5, 0.6) is 0 Å². The summed E-state index contributed by atoms with van der Waals surface area (Å²) in [5.74, 6) is -0.558. The molecule has 0 aliphatic rings. The molecule has 0 spiro atoms. The zero-order valence-corrected chi connectivity index (χ0v) is 10.4. The number of hydrogen-bond acceptors (Lipinski definition) is 3. The van der Waals surface area contributed by atoms with Crippen molar-refractivity contribution >= 4 is 33.0 Å². The van der Waals surface area contributed by atoms with Crippen LogP contribution in [0.4, 0.5) is 10.1 Å². The van der Waals surface area contributed by atoms with Gasteiger partial charge in [0.25, 0.3) is 5.91 Å². The first-order valence-electron chi connectivity index (χ1n) is 5.27. The van der Waals surface area contributed by atoms with Crippen LogP contribution < -0.4 is 11.1 Å². The molecule has 0 aliphatic carbocycles. The number of carbonyl (C=O) groups is 1. The first-order valence-corrected chi connectivity index (χ1v) is 6.09. The standard InChI is InChI=1S/C12H13FN2OS/c1-6(2)15-12(16)11-10(14)8-5-7(13)3-4-9(8)17-11/h3-6H,14H2,1-2H3,(H,15,16). The molecule has 0 bridgehead atoms. The lowest BCUT2D eigenvalue weighted by atomic mass is 10.2. The van der Waals surface area contributed by atoms with Gasteiger partial charge in [-0.3, -0.25) is 4.79 Å². The minimum atomic E-state index is -0.349. The second-order valence-electron chi connectivity index (χ2n) is 4.11. The van der Waals surface area contributed by atoms with E-state index in [0.717, 1.165) is 4.70 Å². The van der Waals surface area contributed by atoms with Gasteiger partial charge in [-0.15, -0.1) is 11.3 Å². The van der Waals surface area contributed by atoms with E-state index in [-0.39, 0.29) is 17.8 Å². The molecule has 5 heteroatoms. The fourth-order valence-electron chi connectivity index (χ4n) is 1.59. The maximum atomic E-state index is 13.1. The van der Waals surface area contributed by atoms with Crippen molar-refractivity contribution in [2.45, 2.75) is 19.9 Å². The van der Waals surface area contributed by atoms with E-state index in [9.17, 15) is 9.18 Å². The van der Waals surface area contributed by atoms with E-state index in [1.54, 1.807) is 6.07 Å². The third-order valence-corrected chi connectivity index (χ3v) is 3.50. The van der Waals surface area contributed by atoms with Gasteiger partial charge in [-0.1, -0.05) is 0 Å². The summed E-state index contributed by atoms with van der Waals surface area (Å²) < 4.78 is 13.9. The highest BCUT2D eigenvalue weighted by Crippen LogP contribution is 2.33. The normalized spacial score (nSPS) is 11.1. The second kappa shape index (κ2) is 4.33. The molecule has 0 saturated heterocycles. The topological polar surface area (TPSA) is 55.1 Å². The minimum Gasteiger partial charge on any atom is -0.397 e. The fraction of sp³-hybridized carbons (Fsp3) is 0.250. The van der Waals surface area contributed by atoms with Crippen molar-refractivity contribution < 1.29 is 9.18 Å². The molecule has 90 valence electrons. The number of thiophene rings is 1. The third-order valence-electron chi connectivity index (χ3n) is 2.31. The van der Waals surface area contributed by atoms with Crippen LogP contribution in [0.15, 0.2) is 18.2 Å². The highest BCUT2D eigenvalue weighted by molar-refractivity contribution is 7.21. The number of nitrogens with one attached hydrogen (secondary N) is 1. The molecule has 0 radical (unpaired) electrons. The van der Waals surface area contributed by atoms with Gasteiger partial charge >= 0.3 is 0 Å². The van der Waals surface area contributed by atoms with Crippen molar-refractivity contribution in [1.29, 1.82) is 0 Å². The Balaban J connectivity index is 2.49. The quantitative estimate of drug-likeness (QED) is 0.863. The van der Waals surface area contributed by atoms with Crippen LogP contribution in [-0.4, -0.2) is 11.9 Å². The van der Waals surface area contributed by atoms with Crippen LogP contribution in [0.1, 0.15) is 23.5 Å². The van der Waals surface area contributed by atoms with Crippen molar-refractivity contribution in [2.24, 2.45) is 0 Å². The monoisotopic (exact) mass is 252 g/mol. The first kappa shape index (κ1) is 11.9. The first-order chi connectivity index (χ1) is 7.99. The van der Waals surface area contributed by atoms with Crippen molar-refractivity contribution in [2.75, 3.05) is 5.73 Å². The number of hydrogen-bond donors (Lipinski definition) is 2. The number of halogens is 1. The molecule has 0 fully saturated rings. The molecule has 0 unspecified atom stereocenters. The fourth-order valence-corrected chi connectivity index (χ4v) is 2.59. The van der Waals surface area contributed by atoms with Gasteiger partial charge < -0.3 is 11.1 Å². The summed E-state index contributed by atoms with van der Waals surface area (Å²) >= 11 is 1.28. The molecule has 1 aromatic heterocycles. The minimum absolute atomic E-state index is 0.0452. The van der Waals surface area contributed by atoms with Gasteiger partial charge in [-0.25, -0.2) is 4.39 Å². The molecule has 2 aromatic rings. The van der Waals surface area contributed by atoms with E-state index < -0.39 is 0 Å². The average molecular weight is 252 g/mol. The number of rotatable bonds is 2. The van der Waals surface area contributed by atoms with E-state index in [4.69, 9.17) is 5.73 Å². The lowest BCUT2D eigenvalue weighted by molar-refractivity contribution is 0.0948. The summed E-state index contributed by atoms with van der Waals surface area (Å²) in [6, 6.07) is 4.40. The van der Waals surface area contributed by atoms with E-state index in [1.165, 1.54) is 23.5 Å². The maximum Gasteiger partial charge on any atom is 0.263 e. The summed E-state index contributed by atoms with van der Waals surface area (Å²) in [4.78, 5) is 12.3. The average Bonchev–Trinajstić information content (AvgIpc) is 2.55. The molecule has 17 heavy (non-hydrogen) atoms. The summed E-state index contributed by atoms with van der Waals surface area (Å²) in [5, 5.41) is 3.37. The maximum absolute atomic E-state index is 13.1. The Hall–Kier alpha value is -1.62. The van der Waals surface area contributed by atoms with Gasteiger partial charge in [0.15, 0.2) is 0 Å². The highest BCUT2D eigenvalue weighted by Gasteiger charge is 2.17. The molecular weight excluding hydrogens is 239 g/mol. The summed E-state index contributed by atoms with van der Waals surface area (Å²) in [7, 11) is 0. The Labute approximate surface area is 102 Å².